The molecular formula is C21H27N3O. The summed E-state index contributed by atoms with van der Waals surface area (Å²) in [5.74, 6) is 0.862. The minimum absolute atomic E-state index is 0.0455. The van der Waals surface area contributed by atoms with Crippen molar-refractivity contribution in [3.63, 3.8) is 0 Å². The average molecular weight is 337 g/mol. The second-order valence-corrected chi connectivity index (χ2v) is 6.99. The number of aromatic nitrogens is 1. The predicted molar refractivity (Wildman–Crippen MR) is 99.8 cm³/mol. The van der Waals surface area contributed by atoms with Gasteiger partial charge in [0, 0.05) is 18.3 Å². The van der Waals surface area contributed by atoms with E-state index in [0.29, 0.717) is 5.92 Å². The van der Waals surface area contributed by atoms with Crippen molar-refractivity contribution in [2.45, 2.75) is 38.1 Å². The summed E-state index contributed by atoms with van der Waals surface area (Å²) in [6, 6.07) is 14.2. The van der Waals surface area contributed by atoms with Crippen molar-refractivity contribution in [2.24, 2.45) is 17.6 Å². The molecule has 2 aromatic rings. The molecule has 132 valence electrons. The lowest BCUT2D eigenvalue weighted by Crippen LogP contribution is -2.37. The Morgan fingerprint density at radius 3 is 2.52 bits per heavy atom. The van der Waals surface area contributed by atoms with Crippen molar-refractivity contribution >= 4 is 5.91 Å². The van der Waals surface area contributed by atoms with E-state index in [4.69, 9.17) is 5.73 Å². The molecular weight excluding hydrogens is 310 g/mol. The number of benzene rings is 1. The minimum Gasteiger partial charge on any atom is -0.349 e. The lowest BCUT2D eigenvalue weighted by atomic mass is 9.81. The summed E-state index contributed by atoms with van der Waals surface area (Å²) in [7, 11) is 0. The molecule has 1 aliphatic carbocycles. The third kappa shape index (κ3) is 4.89. The Labute approximate surface area is 149 Å². The molecule has 25 heavy (non-hydrogen) atoms. The lowest BCUT2D eigenvalue weighted by molar-refractivity contribution is -0.127. The van der Waals surface area contributed by atoms with Crippen molar-refractivity contribution < 1.29 is 4.79 Å². The van der Waals surface area contributed by atoms with Crippen LogP contribution in [0.4, 0.5) is 0 Å². The summed E-state index contributed by atoms with van der Waals surface area (Å²) >= 11 is 0. The number of pyridine rings is 1. The van der Waals surface area contributed by atoms with Crippen molar-refractivity contribution in [3.05, 3.63) is 66.0 Å². The Kier molecular flexibility index (Phi) is 6.18. The minimum atomic E-state index is -0.0455. The third-order valence-electron chi connectivity index (χ3n) is 5.24. The molecule has 1 aromatic heterocycles. The third-order valence-corrected chi connectivity index (χ3v) is 5.24. The predicted octanol–water partition coefficient (Wildman–Crippen LogP) is 3.25. The molecule has 3 N–H and O–H groups in total. The Morgan fingerprint density at radius 1 is 1.12 bits per heavy atom. The van der Waals surface area contributed by atoms with Crippen LogP contribution in [0, 0.1) is 11.8 Å². The summed E-state index contributed by atoms with van der Waals surface area (Å²) in [5.41, 5.74) is 8.02. The first-order valence-corrected chi connectivity index (χ1v) is 9.20. The van der Waals surface area contributed by atoms with Gasteiger partial charge in [-0.25, -0.2) is 0 Å². The summed E-state index contributed by atoms with van der Waals surface area (Å²) in [4.78, 5) is 17.0. The van der Waals surface area contributed by atoms with Gasteiger partial charge in [0.05, 0.1) is 6.04 Å². The fraction of sp³-hybridized carbons (Fsp3) is 0.429. The molecule has 1 aliphatic rings. The van der Waals surface area contributed by atoms with Gasteiger partial charge in [0.1, 0.15) is 0 Å². The van der Waals surface area contributed by atoms with Crippen molar-refractivity contribution in [2.75, 3.05) is 6.54 Å². The van der Waals surface area contributed by atoms with Gasteiger partial charge in [-0.3, -0.25) is 9.78 Å². The van der Waals surface area contributed by atoms with E-state index in [1.54, 1.807) is 6.20 Å². The molecule has 1 atom stereocenters. The maximum atomic E-state index is 12.8. The van der Waals surface area contributed by atoms with Gasteiger partial charge in [-0.05, 0) is 61.8 Å². The number of rotatable bonds is 6. The van der Waals surface area contributed by atoms with E-state index in [1.165, 1.54) is 5.56 Å². The second-order valence-electron chi connectivity index (χ2n) is 6.99. The van der Waals surface area contributed by atoms with Gasteiger partial charge in [0.15, 0.2) is 0 Å². The van der Waals surface area contributed by atoms with E-state index in [9.17, 15) is 4.79 Å². The number of nitrogens with zero attached hydrogens (tertiary/aromatic N) is 1. The zero-order chi connectivity index (χ0) is 17.5. The average Bonchev–Trinajstić information content (AvgIpc) is 2.69. The zero-order valence-electron chi connectivity index (χ0n) is 14.6. The fourth-order valence-electron chi connectivity index (χ4n) is 3.63. The quantitative estimate of drug-likeness (QED) is 0.850. The molecule has 1 fully saturated rings. The molecule has 4 nitrogen and oxygen atoms in total. The van der Waals surface area contributed by atoms with Crippen molar-refractivity contribution in [3.8, 4) is 0 Å². The van der Waals surface area contributed by atoms with Crippen molar-refractivity contribution in [1.82, 2.24) is 10.3 Å². The van der Waals surface area contributed by atoms with Crippen LogP contribution in [0.1, 0.15) is 42.9 Å². The topological polar surface area (TPSA) is 68.0 Å². The van der Waals surface area contributed by atoms with Crippen molar-refractivity contribution in [1.29, 1.82) is 0 Å². The number of hydrogen-bond donors (Lipinski definition) is 2. The molecule has 1 unspecified atom stereocenters. The van der Waals surface area contributed by atoms with Crippen LogP contribution < -0.4 is 11.1 Å². The highest BCUT2D eigenvalue weighted by Crippen LogP contribution is 2.29. The molecule has 4 heteroatoms. The number of amides is 1. The van der Waals surface area contributed by atoms with E-state index < -0.39 is 0 Å². The lowest BCUT2D eigenvalue weighted by Gasteiger charge is -2.28. The first-order valence-electron chi connectivity index (χ1n) is 9.20. The summed E-state index contributed by atoms with van der Waals surface area (Å²) in [5, 5.41) is 3.27. The van der Waals surface area contributed by atoms with Crippen LogP contribution in [0.3, 0.4) is 0 Å². The monoisotopic (exact) mass is 337 g/mol. The first-order chi connectivity index (χ1) is 12.3. The summed E-state index contributed by atoms with van der Waals surface area (Å²) < 4.78 is 0. The summed E-state index contributed by atoms with van der Waals surface area (Å²) in [6.45, 7) is 0.737. The van der Waals surface area contributed by atoms with Gasteiger partial charge in [0.25, 0.3) is 0 Å². The Hall–Kier alpha value is -2.20. The SMILES string of the molecule is NCC1CCC(C(=O)NC(Cc2ccccc2)c2cccnc2)CC1. The highest BCUT2D eigenvalue weighted by molar-refractivity contribution is 5.79. The van der Waals surface area contributed by atoms with E-state index in [1.807, 2.05) is 36.5 Å². The maximum Gasteiger partial charge on any atom is 0.223 e. The molecule has 1 heterocycles. The van der Waals surface area contributed by atoms with E-state index in [-0.39, 0.29) is 17.9 Å². The molecule has 0 radical (unpaired) electrons. The zero-order valence-corrected chi connectivity index (χ0v) is 14.6. The highest BCUT2D eigenvalue weighted by Gasteiger charge is 2.27. The number of carbonyl (C=O) groups is 1. The molecule has 0 aliphatic heterocycles. The van der Waals surface area contributed by atoms with Crippen LogP contribution in [0.2, 0.25) is 0 Å². The summed E-state index contributed by atoms with van der Waals surface area (Å²) in [6.07, 6.45) is 8.39. The van der Waals surface area contributed by atoms with Crippen LogP contribution in [0.15, 0.2) is 54.9 Å². The highest BCUT2D eigenvalue weighted by atomic mass is 16.1. The van der Waals surface area contributed by atoms with E-state index in [2.05, 4.69) is 22.4 Å². The number of nitrogens with one attached hydrogen (secondary N) is 1. The Morgan fingerprint density at radius 2 is 1.88 bits per heavy atom. The fourth-order valence-corrected chi connectivity index (χ4v) is 3.63. The number of carbonyl (C=O) groups excluding carboxylic acids is 1. The van der Waals surface area contributed by atoms with E-state index in [0.717, 1.165) is 44.2 Å². The van der Waals surface area contributed by atoms with Gasteiger partial charge in [-0.1, -0.05) is 36.4 Å². The molecule has 1 aromatic carbocycles. The molecule has 1 saturated carbocycles. The normalized spacial score (nSPS) is 21.5. The Balaban J connectivity index is 1.68. The largest absolute Gasteiger partial charge is 0.349 e. The van der Waals surface area contributed by atoms with E-state index >= 15 is 0 Å². The number of hydrogen-bond acceptors (Lipinski definition) is 3. The van der Waals surface area contributed by atoms with Gasteiger partial charge in [0.2, 0.25) is 5.91 Å². The molecule has 0 saturated heterocycles. The van der Waals surface area contributed by atoms with Gasteiger partial charge in [-0.2, -0.15) is 0 Å². The van der Waals surface area contributed by atoms with Crippen LogP contribution >= 0.6 is 0 Å². The molecule has 0 spiro atoms. The Bertz CT molecular complexity index is 651. The second kappa shape index (κ2) is 8.77. The maximum absolute atomic E-state index is 12.8. The van der Waals surface area contributed by atoms with Crippen LogP contribution in [-0.4, -0.2) is 17.4 Å². The molecule has 3 rings (SSSR count). The van der Waals surface area contributed by atoms with Crippen LogP contribution in [0.25, 0.3) is 0 Å². The van der Waals surface area contributed by atoms with Crippen LogP contribution in [0.5, 0.6) is 0 Å². The number of nitrogens with two attached hydrogens (primary N) is 1. The molecule has 0 bridgehead atoms. The molecule has 1 amide bonds. The standard InChI is InChI=1S/C21H27N3O/c22-14-17-8-10-18(11-9-17)21(25)24-20(19-7-4-12-23-15-19)13-16-5-2-1-3-6-16/h1-7,12,15,17-18,20H,8-11,13-14,22H2,(H,24,25). The van der Waals surface area contributed by atoms with Crippen LogP contribution in [-0.2, 0) is 11.2 Å². The van der Waals surface area contributed by atoms with Gasteiger partial charge < -0.3 is 11.1 Å². The first kappa shape index (κ1) is 17.6. The van der Waals surface area contributed by atoms with Gasteiger partial charge >= 0.3 is 0 Å². The smallest absolute Gasteiger partial charge is 0.223 e. The van der Waals surface area contributed by atoms with Gasteiger partial charge in [-0.15, -0.1) is 0 Å².